The number of nitrogens with one attached hydrogen (secondary N) is 1. The van der Waals surface area contributed by atoms with Crippen LogP contribution in [-0.2, 0) is 9.53 Å². The number of rotatable bonds is 3. The summed E-state index contributed by atoms with van der Waals surface area (Å²) < 4.78 is 5.14. The second kappa shape index (κ2) is 6.23. The predicted octanol–water partition coefficient (Wildman–Crippen LogP) is 1.06. The molecular formula is C13H22N2O4. The van der Waals surface area contributed by atoms with Gasteiger partial charge in [0, 0.05) is 13.1 Å². The minimum Gasteiger partial charge on any atom is -0.481 e. The third kappa shape index (κ3) is 3.37. The molecule has 2 N–H and O–H groups in total. The number of hydrogen-bond donors (Lipinski definition) is 2. The summed E-state index contributed by atoms with van der Waals surface area (Å²) in [5.41, 5.74) is 0. The van der Waals surface area contributed by atoms with Crippen molar-refractivity contribution in [1.29, 1.82) is 0 Å². The normalized spacial score (nSPS) is 28.1. The highest BCUT2D eigenvalue weighted by Crippen LogP contribution is 2.22. The van der Waals surface area contributed by atoms with Crippen molar-refractivity contribution in [2.75, 3.05) is 20.3 Å². The summed E-state index contributed by atoms with van der Waals surface area (Å²) in [7, 11) is 1.79. The first-order chi connectivity index (χ1) is 9.09. The van der Waals surface area contributed by atoms with Crippen molar-refractivity contribution >= 4 is 12.0 Å². The van der Waals surface area contributed by atoms with E-state index in [1.54, 1.807) is 11.9 Å². The second-order valence-corrected chi connectivity index (χ2v) is 5.44. The molecule has 6 heteroatoms. The fourth-order valence-corrected chi connectivity index (χ4v) is 2.83. The smallest absolute Gasteiger partial charge is 0.317 e. The number of ether oxygens (including phenoxy) is 1. The van der Waals surface area contributed by atoms with Crippen LogP contribution in [0.3, 0.4) is 0 Å². The van der Waals surface area contributed by atoms with E-state index in [0.29, 0.717) is 0 Å². The van der Waals surface area contributed by atoms with Crippen LogP contribution in [0.4, 0.5) is 4.79 Å². The van der Waals surface area contributed by atoms with Gasteiger partial charge in [-0.05, 0) is 12.8 Å². The number of hydrogen-bond acceptors (Lipinski definition) is 3. The van der Waals surface area contributed by atoms with Crippen LogP contribution < -0.4 is 5.32 Å². The van der Waals surface area contributed by atoms with Crippen molar-refractivity contribution in [3.63, 3.8) is 0 Å². The van der Waals surface area contributed by atoms with Crippen LogP contribution in [0.15, 0.2) is 0 Å². The number of nitrogens with zero attached hydrogens (tertiary/aromatic N) is 1. The number of urea groups is 1. The van der Waals surface area contributed by atoms with Crippen molar-refractivity contribution in [3.8, 4) is 0 Å². The summed E-state index contributed by atoms with van der Waals surface area (Å²) in [5, 5.41) is 11.8. The Kier molecular flexibility index (Phi) is 4.63. The van der Waals surface area contributed by atoms with Crippen LogP contribution in [0.5, 0.6) is 0 Å². The van der Waals surface area contributed by atoms with Gasteiger partial charge in [0.25, 0.3) is 0 Å². The fraction of sp³-hybridized carbons (Fsp3) is 0.846. The van der Waals surface area contributed by atoms with E-state index in [2.05, 4.69) is 5.32 Å². The molecule has 0 spiro atoms. The maximum absolute atomic E-state index is 12.1. The van der Waals surface area contributed by atoms with Gasteiger partial charge in [-0.1, -0.05) is 19.3 Å². The third-order valence-corrected chi connectivity index (χ3v) is 4.15. The predicted molar refractivity (Wildman–Crippen MR) is 68.9 cm³/mol. The third-order valence-electron chi connectivity index (χ3n) is 4.15. The minimum atomic E-state index is -0.914. The Morgan fingerprint density at radius 3 is 2.53 bits per heavy atom. The zero-order chi connectivity index (χ0) is 13.8. The number of carboxylic acid groups (broad SMARTS) is 1. The molecule has 0 bridgehead atoms. The highest BCUT2D eigenvalue weighted by molar-refractivity contribution is 5.77. The highest BCUT2D eigenvalue weighted by Gasteiger charge is 2.36. The minimum absolute atomic E-state index is 0.174. The van der Waals surface area contributed by atoms with Crippen LogP contribution in [0.2, 0.25) is 0 Å². The monoisotopic (exact) mass is 270 g/mol. The van der Waals surface area contributed by atoms with E-state index in [1.165, 1.54) is 6.42 Å². The molecule has 2 atom stereocenters. The van der Waals surface area contributed by atoms with E-state index in [-0.39, 0.29) is 25.3 Å². The number of amides is 2. The van der Waals surface area contributed by atoms with E-state index in [9.17, 15) is 9.59 Å². The first-order valence-corrected chi connectivity index (χ1v) is 6.93. The number of aliphatic carboxylic acids is 1. The summed E-state index contributed by atoms with van der Waals surface area (Å²) in [4.78, 5) is 24.9. The maximum atomic E-state index is 12.1. The average Bonchev–Trinajstić information content (AvgIpc) is 2.87. The van der Waals surface area contributed by atoms with Crippen LogP contribution in [-0.4, -0.2) is 54.4 Å². The Morgan fingerprint density at radius 1 is 1.21 bits per heavy atom. The first-order valence-electron chi connectivity index (χ1n) is 6.93. The lowest BCUT2D eigenvalue weighted by atomic mass is 9.94. The fourth-order valence-electron chi connectivity index (χ4n) is 2.83. The molecule has 1 heterocycles. The van der Waals surface area contributed by atoms with Gasteiger partial charge >= 0.3 is 12.0 Å². The van der Waals surface area contributed by atoms with E-state index in [4.69, 9.17) is 9.84 Å². The number of carbonyl (C=O) groups is 2. The first kappa shape index (κ1) is 14.1. The SMILES string of the molecule is CN(C(=O)NC1COCC1C(=O)O)C1CCCCC1. The summed E-state index contributed by atoms with van der Waals surface area (Å²) >= 11 is 0. The molecule has 2 amide bonds. The maximum Gasteiger partial charge on any atom is 0.317 e. The molecule has 0 aromatic rings. The zero-order valence-electron chi connectivity index (χ0n) is 11.3. The molecule has 2 aliphatic rings. The van der Waals surface area contributed by atoms with Gasteiger partial charge in [-0.3, -0.25) is 4.79 Å². The molecular weight excluding hydrogens is 248 g/mol. The van der Waals surface area contributed by atoms with Gasteiger partial charge in [0.2, 0.25) is 0 Å². The lowest BCUT2D eigenvalue weighted by Crippen LogP contribution is -2.50. The number of carbonyl (C=O) groups excluding carboxylic acids is 1. The molecule has 0 aromatic carbocycles. The molecule has 108 valence electrons. The van der Waals surface area contributed by atoms with E-state index in [1.807, 2.05) is 0 Å². The van der Waals surface area contributed by atoms with Gasteiger partial charge in [0.1, 0.15) is 5.92 Å². The quantitative estimate of drug-likeness (QED) is 0.803. The van der Waals surface area contributed by atoms with Crippen LogP contribution in [0.1, 0.15) is 32.1 Å². The Bertz CT molecular complexity index is 342. The van der Waals surface area contributed by atoms with Gasteiger partial charge in [-0.15, -0.1) is 0 Å². The molecule has 1 saturated heterocycles. The van der Waals surface area contributed by atoms with E-state index in [0.717, 1.165) is 25.7 Å². The summed E-state index contributed by atoms with van der Waals surface area (Å²) in [6.45, 7) is 0.453. The van der Waals surface area contributed by atoms with Crippen molar-refractivity contribution in [2.24, 2.45) is 5.92 Å². The second-order valence-electron chi connectivity index (χ2n) is 5.44. The molecule has 2 unspecified atom stereocenters. The Labute approximate surface area is 113 Å². The molecule has 2 fully saturated rings. The van der Waals surface area contributed by atoms with Crippen LogP contribution >= 0.6 is 0 Å². The van der Waals surface area contributed by atoms with Crippen molar-refractivity contribution in [3.05, 3.63) is 0 Å². The Morgan fingerprint density at radius 2 is 1.89 bits per heavy atom. The topological polar surface area (TPSA) is 78.9 Å². The summed E-state index contributed by atoms with van der Waals surface area (Å²) in [5.74, 6) is -1.55. The van der Waals surface area contributed by atoms with Crippen molar-refractivity contribution in [2.45, 2.75) is 44.2 Å². The Balaban J connectivity index is 1.87. The summed E-state index contributed by atoms with van der Waals surface area (Å²) in [6.07, 6.45) is 5.63. The number of carboxylic acids is 1. The largest absolute Gasteiger partial charge is 0.481 e. The molecule has 1 aliphatic carbocycles. The molecule has 1 aliphatic heterocycles. The molecule has 1 saturated carbocycles. The van der Waals surface area contributed by atoms with E-state index < -0.39 is 17.9 Å². The van der Waals surface area contributed by atoms with Crippen molar-refractivity contribution < 1.29 is 19.4 Å². The Hall–Kier alpha value is -1.30. The van der Waals surface area contributed by atoms with Gasteiger partial charge < -0.3 is 20.1 Å². The van der Waals surface area contributed by atoms with Crippen LogP contribution in [0.25, 0.3) is 0 Å². The molecule has 2 rings (SSSR count). The van der Waals surface area contributed by atoms with Gasteiger partial charge in [-0.25, -0.2) is 4.79 Å². The molecule has 0 radical (unpaired) electrons. The lowest BCUT2D eigenvalue weighted by Gasteiger charge is -2.32. The van der Waals surface area contributed by atoms with Gasteiger partial charge in [0.15, 0.2) is 0 Å². The molecule has 0 aromatic heterocycles. The zero-order valence-corrected chi connectivity index (χ0v) is 11.3. The van der Waals surface area contributed by atoms with E-state index >= 15 is 0 Å². The highest BCUT2D eigenvalue weighted by atomic mass is 16.5. The molecule has 6 nitrogen and oxygen atoms in total. The van der Waals surface area contributed by atoms with Gasteiger partial charge in [0.05, 0.1) is 19.3 Å². The molecule has 19 heavy (non-hydrogen) atoms. The standard InChI is InChI=1S/C13H22N2O4/c1-15(9-5-3-2-4-6-9)13(18)14-11-8-19-7-10(11)12(16)17/h9-11H,2-8H2,1H3,(H,14,18)(H,16,17). The summed E-state index contributed by atoms with van der Waals surface area (Å²) in [6, 6.07) is -0.330. The van der Waals surface area contributed by atoms with Gasteiger partial charge in [-0.2, -0.15) is 0 Å². The average molecular weight is 270 g/mol. The van der Waals surface area contributed by atoms with Crippen LogP contribution in [0, 0.1) is 5.92 Å². The van der Waals surface area contributed by atoms with Crippen molar-refractivity contribution in [1.82, 2.24) is 10.2 Å². The lowest BCUT2D eigenvalue weighted by molar-refractivity contribution is -0.142.